The second-order valence-corrected chi connectivity index (χ2v) is 8.62. The largest absolute Gasteiger partial charge is 0.508 e. The number of halogens is 1. The van der Waals surface area contributed by atoms with Crippen LogP contribution in [0.2, 0.25) is 0 Å². The Balaban J connectivity index is 1.59. The number of hydrogen-bond donors (Lipinski definition) is 3. The summed E-state index contributed by atoms with van der Waals surface area (Å²) in [5, 5.41) is 21.7. The van der Waals surface area contributed by atoms with E-state index in [1.807, 2.05) is 22.9 Å². The number of benzene rings is 2. The standard InChI is InChI=1S/C23H23BrN6O3/c1-32-20-7-2-14(24)12-19(20)27-21-18-13-25-30(16-8-10-33-11-9-16)22(18)29-23(28-21)26-15-3-5-17(31)6-4-15/h2-7,12-13,16,31H,8-11H2,1H3,(H2,26,27,28,29). The molecule has 3 N–H and O–H groups in total. The second-order valence-electron chi connectivity index (χ2n) is 7.71. The molecule has 0 saturated carbocycles. The van der Waals surface area contributed by atoms with Crippen molar-refractivity contribution in [1.29, 1.82) is 0 Å². The Kier molecular flexibility index (Phi) is 6.01. The van der Waals surface area contributed by atoms with Crippen molar-refractivity contribution in [2.45, 2.75) is 18.9 Å². The number of rotatable bonds is 6. The lowest BCUT2D eigenvalue weighted by Crippen LogP contribution is -2.20. The zero-order chi connectivity index (χ0) is 22.8. The highest BCUT2D eigenvalue weighted by Crippen LogP contribution is 2.34. The van der Waals surface area contributed by atoms with Crippen LogP contribution in [0.3, 0.4) is 0 Å². The fraction of sp³-hybridized carbons (Fsp3) is 0.261. The van der Waals surface area contributed by atoms with Gasteiger partial charge in [-0.2, -0.15) is 15.1 Å². The highest BCUT2D eigenvalue weighted by Gasteiger charge is 2.22. The van der Waals surface area contributed by atoms with E-state index in [4.69, 9.17) is 19.4 Å². The number of aromatic hydroxyl groups is 1. The summed E-state index contributed by atoms with van der Waals surface area (Å²) in [4.78, 5) is 9.52. The first-order valence-corrected chi connectivity index (χ1v) is 11.4. The first-order valence-electron chi connectivity index (χ1n) is 10.6. The smallest absolute Gasteiger partial charge is 0.231 e. The first-order chi connectivity index (χ1) is 16.1. The minimum atomic E-state index is 0.193. The van der Waals surface area contributed by atoms with Gasteiger partial charge in [0.05, 0.1) is 30.4 Å². The molecule has 0 radical (unpaired) electrons. The van der Waals surface area contributed by atoms with Gasteiger partial charge in [-0.1, -0.05) is 15.9 Å². The van der Waals surface area contributed by atoms with Crippen molar-refractivity contribution in [3.05, 3.63) is 53.1 Å². The van der Waals surface area contributed by atoms with E-state index in [9.17, 15) is 5.11 Å². The van der Waals surface area contributed by atoms with Gasteiger partial charge in [0.1, 0.15) is 17.3 Å². The van der Waals surface area contributed by atoms with Crippen LogP contribution < -0.4 is 15.4 Å². The van der Waals surface area contributed by atoms with Gasteiger partial charge in [0.25, 0.3) is 0 Å². The molecule has 33 heavy (non-hydrogen) atoms. The van der Waals surface area contributed by atoms with Crippen LogP contribution in [0.5, 0.6) is 11.5 Å². The molecule has 5 rings (SSSR count). The van der Waals surface area contributed by atoms with Crippen molar-refractivity contribution in [1.82, 2.24) is 19.7 Å². The normalized spacial score (nSPS) is 14.4. The van der Waals surface area contributed by atoms with Gasteiger partial charge in [0, 0.05) is 23.4 Å². The average Bonchev–Trinajstić information content (AvgIpc) is 3.26. The molecular weight excluding hydrogens is 488 g/mol. The fourth-order valence-electron chi connectivity index (χ4n) is 3.85. The number of phenols is 1. The van der Waals surface area contributed by atoms with Gasteiger partial charge in [0.2, 0.25) is 5.95 Å². The predicted molar refractivity (Wildman–Crippen MR) is 130 cm³/mol. The van der Waals surface area contributed by atoms with E-state index in [1.165, 1.54) is 0 Å². The fourth-order valence-corrected chi connectivity index (χ4v) is 4.21. The van der Waals surface area contributed by atoms with Gasteiger partial charge < -0.3 is 25.2 Å². The van der Waals surface area contributed by atoms with Gasteiger partial charge in [-0.3, -0.25) is 0 Å². The minimum Gasteiger partial charge on any atom is -0.508 e. The van der Waals surface area contributed by atoms with Crippen LogP contribution >= 0.6 is 15.9 Å². The highest BCUT2D eigenvalue weighted by molar-refractivity contribution is 9.10. The van der Waals surface area contributed by atoms with Crippen LogP contribution in [0.4, 0.5) is 23.1 Å². The molecule has 9 nitrogen and oxygen atoms in total. The summed E-state index contributed by atoms with van der Waals surface area (Å²) in [5.41, 5.74) is 2.26. The van der Waals surface area contributed by atoms with Gasteiger partial charge in [0.15, 0.2) is 5.65 Å². The molecule has 0 amide bonds. The van der Waals surface area contributed by atoms with Crippen molar-refractivity contribution >= 4 is 50.1 Å². The summed E-state index contributed by atoms with van der Waals surface area (Å²) in [7, 11) is 1.63. The zero-order valence-electron chi connectivity index (χ0n) is 18.0. The summed E-state index contributed by atoms with van der Waals surface area (Å²) >= 11 is 3.52. The second kappa shape index (κ2) is 9.24. The molecule has 0 unspecified atom stereocenters. The number of aromatic nitrogens is 4. The monoisotopic (exact) mass is 510 g/mol. The van der Waals surface area contributed by atoms with E-state index in [-0.39, 0.29) is 11.8 Å². The van der Waals surface area contributed by atoms with Crippen LogP contribution in [0, 0.1) is 0 Å². The Morgan fingerprint density at radius 3 is 2.64 bits per heavy atom. The third kappa shape index (κ3) is 4.57. The summed E-state index contributed by atoms with van der Waals surface area (Å²) in [6, 6.07) is 12.7. The molecule has 0 atom stereocenters. The van der Waals surface area contributed by atoms with E-state index >= 15 is 0 Å². The molecule has 2 aromatic carbocycles. The number of hydrogen-bond acceptors (Lipinski definition) is 8. The Labute approximate surface area is 198 Å². The van der Waals surface area contributed by atoms with E-state index in [2.05, 4.69) is 31.7 Å². The molecule has 1 aliphatic rings. The number of fused-ring (bicyclic) bond motifs is 1. The number of anilines is 4. The Hall–Kier alpha value is -3.37. The van der Waals surface area contributed by atoms with E-state index in [1.54, 1.807) is 37.6 Å². The van der Waals surface area contributed by atoms with Gasteiger partial charge in [-0.05, 0) is 55.3 Å². The number of phenolic OH excluding ortho intramolecular Hbond substituents is 1. The van der Waals surface area contributed by atoms with Gasteiger partial charge in [-0.15, -0.1) is 0 Å². The third-order valence-electron chi connectivity index (χ3n) is 5.53. The quantitative estimate of drug-likeness (QED) is 0.306. The van der Waals surface area contributed by atoms with E-state index < -0.39 is 0 Å². The maximum Gasteiger partial charge on any atom is 0.231 e. The molecule has 1 aliphatic heterocycles. The average molecular weight is 511 g/mol. The first kappa shape index (κ1) is 21.5. The SMILES string of the molecule is COc1ccc(Br)cc1Nc1nc(Nc2ccc(O)cc2)nc2c1cnn2C1CCOCC1. The van der Waals surface area contributed by atoms with E-state index in [0.717, 1.165) is 39.7 Å². The molecule has 1 saturated heterocycles. The van der Waals surface area contributed by atoms with Crippen molar-refractivity contribution in [3.8, 4) is 11.5 Å². The lowest BCUT2D eigenvalue weighted by atomic mass is 10.1. The van der Waals surface area contributed by atoms with Crippen LogP contribution in [-0.4, -0.2) is 45.2 Å². The Morgan fingerprint density at radius 2 is 1.88 bits per heavy atom. The molecule has 0 aliphatic carbocycles. The summed E-state index contributed by atoms with van der Waals surface area (Å²) in [5.74, 6) is 1.91. The molecule has 3 heterocycles. The molecule has 0 bridgehead atoms. The van der Waals surface area contributed by atoms with Crippen LogP contribution in [0.1, 0.15) is 18.9 Å². The lowest BCUT2D eigenvalue weighted by Gasteiger charge is -2.23. The number of nitrogens with zero attached hydrogens (tertiary/aromatic N) is 4. The molecule has 1 fully saturated rings. The minimum absolute atomic E-state index is 0.193. The van der Waals surface area contributed by atoms with Gasteiger partial charge >= 0.3 is 0 Å². The molecule has 0 spiro atoms. The predicted octanol–water partition coefficient (Wildman–Crippen LogP) is 5.14. The zero-order valence-corrected chi connectivity index (χ0v) is 19.5. The van der Waals surface area contributed by atoms with Crippen LogP contribution in [0.25, 0.3) is 11.0 Å². The lowest BCUT2D eigenvalue weighted by molar-refractivity contribution is 0.0673. The Bertz CT molecular complexity index is 1270. The molecule has 2 aromatic heterocycles. The van der Waals surface area contributed by atoms with Crippen LogP contribution in [-0.2, 0) is 4.74 Å². The number of nitrogens with one attached hydrogen (secondary N) is 2. The third-order valence-corrected chi connectivity index (χ3v) is 6.02. The van der Waals surface area contributed by atoms with Gasteiger partial charge in [-0.25, -0.2) is 4.68 Å². The summed E-state index contributed by atoms with van der Waals surface area (Å²) < 4.78 is 13.9. The van der Waals surface area contributed by atoms with Crippen molar-refractivity contribution < 1.29 is 14.6 Å². The van der Waals surface area contributed by atoms with Crippen molar-refractivity contribution in [2.75, 3.05) is 31.0 Å². The maximum atomic E-state index is 9.59. The molecule has 10 heteroatoms. The summed E-state index contributed by atoms with van der Waals surface area (Å²) in [6.07, 6.45) is 3.55. The van der Waals surface area contributed by atoms with Crippen molar-refractivity contribution in [2.24, 2.45) is 0 Å². The number of methoxy groups -OCH3 is 1. The topological polar surface area (TPSA) is 106 Å². The number of ether oxygens (including phenoxy) is 2. The van der Waals surface area contributed by atoms with Crippen molar-refractivity contribution in [3.63, 3.8) is 0 Å². The molecule has 4 aromatic rings. The Morgan fingerprint density at radius 1 is 1.09 bits per heavy atom. The maximum absolute atomic E-state index is 9.59. The van der Waals surface area contributed by atoms with Crippen LogP contribution in [0.15, 0.2) is 53.1 Å². The summed E-state index contributed by atoms with van der Waals surface area (Å²) in [6.45, 7) is 1.41. The molecular formula is C23H23BrN6O3. The highest BCUT2D eigenvalue weighted by atomic mass is 79.9. The van der Waals surface area contributed by atoms with E-state index in [0.29, 0.717) is 30.7 Å². The molecule has 170 valence electrons.